The Morgan fingerprint density at radius 3 is 2.44 bits per heavy atom. The van der Waals surface area contributed by atoms with E-state index in [0.29, 0.717) is 25.1 Å². The Labute approximate surface area is 181 Å². The summed E-state index contributed by atoms with van der Waals surface area (Å²) >= 11 is 0. The fraction of sp³-hybridized carbons (Fsp3) is 0.450. The van der Waals surface area contributed by atoms with Gasteiger partial charge in [-0.3, -0.25) is 9.48 Å². The van der Waals surface area contributed by atoms with E-state index >= 15 is 0 Å². The molecule has 2 heterocycles. The lowest BCUT2D eigenvalue weighted by Gasteiger charge is -2.32. The standard InChI is InChI=1S/C20H23F4N5O3/c1-12(20(22,23)24)32-19(31)28-8-6-13(7-9-28)10-29-11-16(17(25)30)18(27-29)26-15-4-2-14(21)3-5-15/h2-5,11-13H,6-10H2,1H3,(H2,25,30)(H,26,27). The molecule has 0 aliphatic carbocycles. The predicted octanol–water partition coefficient (Wildman–Crippen LogP) is 3.66. The van der Waals surface area contributed by atoms with Crippen LogP contribution in [0.3, 0.4) is 0 Å². The molecule has 8 nitrogen and oxygen atoms in total. The summed E-state index contributed by atoms with van der Waals surface area (Å²) in [6.45, 7) is 1.71. The van der Waals surface area contributed by atoms with E-state index in [9.17, 15) is 27.2 Å². The number of nitrogens with two attached hydrogens (primary N) is 1. The molecule has 1 saturated heterocycles. The number of ether oxygens (including phenoxy) is 1. The van der Waals surface area contributed by atoms with Gasteiger partial charge in [0.15, 0.2) is 11.9 Å². The van der Waals surface area contributed by atoms with Crippen LogP contribution < -0.4 is 11.1 Å². The number of carbonyl (C=O) groups excluding carboxylic acids is 2. The summed E-state index contributed by atoms with van der Waals surface area (Å²) in [5, 5.41) is 7.27. The third-order valence-electron chi connectivity index (χ3n) is 5.19. The van der Waals surface area contributed by atoms with Crippen LogP contribution in [0.5, 0.6) is 0 Å². The van der Waals surface area contributed by atoms with Gasteiger partial charge in [-0.2, -0.15) is 18.3 Å². The average Bonchev–Trinajstić information content (AvgIpc) is 3.12. The minimum atomic E-state index is -4.61. The highest BCUT2D eigenvalue weighted by Crippen LogP contribution is 2.26. The summed E-state index contributed by atoms with van der Waals surface area (Å²) in [5.41, 5.74) is 6.12. The molecule has 1 aliphatic heterocycles. The van der Waals surface area contributed by atoms with Gasteiger partial charge in [-0.15, -0.1) is 0 Å². The molecule has 1 aliphatic rings. The second-order valence-electron chi connectivity index (χ2n) is 7.61. The summed E-state index contributed by atoms with van der Waals surface area (Å²) in [5.74, 6) is -0.777. The molecule has 2 amide bonds. The summed E-state index contributed by atoms with van der Waals surface area (Å²) in [4.78, 5) is 25.0. The minimum Gasteiger partial charge on any atom is -0.437 e. The number of primary amides is 1. The number of hydrogen-bond acceptors (Lipinski definition) is 5. The average molecular weight is 457 g/mol. The summed E-state index contributed by atoms with van der Waals surface area (Å²) < 4.78 is 56.8. The lowest BCUT2D eigenvalue weighted by atomic mass is 9.97. The molecule has 3 rings (SSSR count). The maximum absolute atomic E-state index is 13.1. The molecular weight excluding hydrogens is 434 g/mol. The maximum Gasteiger partial charge on any atom is 0.425 e. The first kappa shape index (κ1) is 23.4. The van der Waals surface area contributed by atoms with Crippen molar-refractivity contribution in [1.29, 1.82) is 0 Å². The lowest BCUT2D eigenvalue weighted by molar-refractivity contribution is -0.199. The number of halogens is 4. The number of likely N-dealkylation sites (tertiary alicyclic amines) is 1. The van der Waals surface area contributed by atoms with Gasteiger partial charge in [0, 0.05) is 31.5 Å². The Bertz CT molecular complexity index is 953. The second kappa shape index (κ2) is 9.45. The molecule has 1 aromatic heterocycles. The number of hydrogen-bond donors (Lipinski definition) is 2. The van der Waals surface area contributed by atoms with E-state index < -0.39 is 30.1 Å². The smallest absolute Gasteiger partial charge is 0.425 e. The molecule has 12 heteroatoms. The molecule has 3 N–H and O–H groups in total. The fourth-order valence-electron chi connectivity index (χ4n) is 3.31. The van der Waals surface area contributed by atoms with Crippen LogP contribution in [0.15, 0.2) is 30.5 Å². The Hall–Kier alpha value is -3.31. The monoisotopic (exact) mass is 457 g/mol. The van der Waals surface area contributed by atoms with E-state index in [1.807, 2.05) is 0 Å². The summed E-state index contributed by atoms with van der Waals surface area (Å²) in [7, 11) is 0. The number of nitrogens with one attached hydrogen (secondary N) is 1. The van der Waals surface area contributed by atoms with Gasteiger partial charge in [0.05, 0.1) is 0 Å². The Kier molecular flexibility index (Phi) is 6.90. The highest BCUT2D eigenvalue weighted by molar-refractivity contribution is 5.98. The maximum atomic E-state index is 13.1. The van der Waals surface area contributed by atoms with Crippen molar-refractivity contribution < 1.29 is 31.9 Å². The predicted molar refractivity (Wildman–Crippen MR) is 107 cm³/mol. The van der Waals surface area contributed by atoms with Gasteiger partial charge < -0.3 is 20.7 Å². The van der Waals surface area contributed by atoms with E-state index in [1.165, 1.54) is 35.4 Å². The van der Waals surface area contributed by atoms with Crippen LogP contribution in [0.1, 0.15) is 30.1 Å². The summed E-state index contributed by atoms with van der Waals surface area (Å²) in [6.07, 6.45) is -5.21. The zero-order valence-corrected chi connectivity index (χ0v) is 17.2. The molecule has 1 aromatic carbocycles. The molecule has 0 saturated carbocycles. The molecule has 1 fully saturated rings. The number of anilines is 2. The van der Waals surface area contributed by atoms with Gasteiger partial charge in [0.25, 0.3) is 5.91 Å². The zero-order chi connectivity index (χ0) is 23.5. The number of benzene rings is 1. The zero-order valence-electron chi connectivity index (χ0n) is 17.2. The van der Waals surface area contributed by atoms with Crippen molar-refractivity contribution in [3.8, 4) is 0 Å². The van der Waals surface area contributed by atoms with Crippen molar-refractivity contribution >= 4 is 23.5 Å². The molecule has 32 heavy (non-hydrogen) atoms. The topological polar surface area (TPSA) is 102 Å². The van der Waals surface area contributed by atoms with Gasteiger partial charge in [0.1, 0.15) is 11.4 Å². The van der Waals surface area contributed by atoms with Crippen molar-refractivity contribution in [3.63, 3.8) is 0 Å². The van der Waals surface area contributed by atoms with Gasteiger partial charge in [-0.05, 0) is 49.9 Å². The lowest BCUT2D eigenvalue weighted by Crippen LogP contribution is -2.43. The number of piperidine rings is 1. The van der Waals surface area contributed by atoms with Crippen molar-refractivity contribution in [1.82, 2.24) is 14.7 Å². The summed E-state index contributed by atoms with van der Waals surface area (Å²) in [6, 6.07) is 5.51. The van der Waals surface area contributed by atoms with E-state index in [-0.39, 0.29) is 30.4 Å². The molecule has 1 unspecified atom stereocenters. The number of aromatic nitrogens is 2. The minimum absolute atomic E-state index is 0.0818. The largest absolute Gasteiger partial charge is 0.437 e. The highest BCUT2D eigenvalue weighted by atomic mass is 19.4. The van der Waals surface area contributed by atoms with Gasteiger partial charge >= 0.3 is 12.3 Å². The Balaban J connectivity index is 1.58. The Morgan fingerprint density at radius 1 is 1.25 bits per heavy atom. The third kappa shape index (κ3) is 5.89. The third-order valence-corrected chi connectivity index (χ3v) is 5.19. The van der Waals surface area contributed by atoms with Crippen molar-refractivity contribution in [3.05, 3.63) is 41.8 Å². The van der Waals surface area contributed by atoms with Crippen LogP contribution in [0.25, 0.3) is 0 Å². The number of carbonyl (C=O) groups is 2. The Morgan fingerprint density at radius 2 is 1.88 bits per heavy atom. The molecular formula is C20H23F4N5O3. The van der Waals surface area contributed by atoms with E-state index in [4.69, 9.17) is 5.73 Å². The second-order valence-corrected chi connectivity index (χ2v) is 7.61. The van der Waals surface area contributed by atoms with Gasteiger partial charge in [0.2, 0.25) is 0 Å². The van der Waals surface area contributed by atoms with Gasteiger partial charge in [-0.1, -0.05) is 0 Å². The normalized spacial score (nSPS) is 16.0. The molecule has 2 aromatic rings. The van der Waals surface area contributed by atoms with Crippen molar-refractivity contribution in [2.45, 2.75) is 38.6 Å². The van der Waals surface area contributed by atoms with Crippen LogP contribution in [0.2, 0.25) is 0 Å². The van der Waals surface area contributed by atoms with Crippen LogP contribution in [-0.4, -0.2) is 52.1 Å². The van der Waals surface area contributed by atoms with Crippen LogP contribution in [-0.2, 0) is 11.3 Å². The SMILES string of the molecule is CC(OC(=O)N1CCC(Cn2cc(C(N)=O)c(Nc3ccc(F)cc3)n2)CC1)C(F)(F)F. The van der Waals surface area contributed by atoms with Gasteiger partial charge in [-0.25, -0.2) is 9.18 Å². The van der Waals surface area contributed by atoms with Crippen LogP contribution in [0.4, 0.5) is 33.9 Å². The fourth-order valence-corrected chi connectivity index (χ4v) is 3.31. The quantitative estimate of drug-likeness (QED) is 0.645. The first-order valence-electron chi connectivity index (χ1n) is 9.95. The molecule has 0 bridgehead atoms. The van der Waals surface area contributed by atoms with E-state index in [1.54, 1.807) is 4.68 Å². The first-order chi connectivity index (χ1) is 15.0. The highest BCUT2D eigenvalue weighted by Gasteiger charge is 2.40. The number of amides is 2. The molecule has 174 valence electrons. The van der Waals surface area contributed by atoms with Crippen LogP contribution >= 0.6 is 0 Å². The first-order valence-corrected chi connectivity index (χ1v) is 9.95. The molecule has 1 atom stereocenters. The molecule has 0 spiro atoms. The van der Waals surface area contributed by atoms with E-state index in [0.717, 1.165) is 6.92 Å². The van der Waals surface area contributed by atoms with Crippen molar-refractivity contribution in [2.75, 3.05) is 18.4 Å². The van der Waals surface area contributed by atoms with Crippen LogP contribution in [0, 0.1) is 11.7 Å². The van der Waals surface area contributed by atoms with E-state index in [2.05, 4.69) is 15.2 Å². The van der Waals surface area contributed by atoms with Crippen molar-refractivity contribution in [2.24, 2.45) is 11.7 Å². The number of nitrogens with zero attached hydrogens (tertiary/aromatic N) is 3. The molecule has 0 radical (unpaired) electrons. The number of alkyl halides is 3. The number of rotatable bonds is 6.